The highest BCUT2D eigenvalue weighted by Gasteiger charge is 2.27. The maximum atomic E-state index is 12.5. The molecule has 0 atom stereocenters. The van der Waals surface area contributed by atoms with Crippen LogP contribution < -0.4 is 11.3 Å². The van der Waals surface area contributed by atoms with Crippen molar-refractivity contribution in [1.29, 1.82) is 0 Å². The molecule has 1 aliphatic rings. The number of benzene rings is 1. The molecule has 1 fully saturated rings. The number of hydrazine groups is 1. The molecule has 1 aromatic carbocycles. The van der Waals surface area contributed by atoms with Gasteiger partial charge in [-0.05, 0) is 25.0 Å². The van der Waals surface area contributed by atoms with Crippen molar-refractivity contribution in [3.63, 3.8) is 0 Å². The van der Waals surface area contributed by atoms with Crippen LogP contribution in [0.3, 0.4) is 0 Å². The molecule has 20 heavy (non-hydrogen) atoms. The lowest BCUT2D eigenvalue weighted by Gasteiger charge is -2.20. The number of anilines is 1. The Morgan fingerprint density at radius 3 is 2.45 bits per heavy atom. The minimum atomic E-state index is -0.569. The molecule has 7 nitrogen and oxygen atoms in total. The van der Waals surface area contributed by atoms with Crippen LogP contribution in [0.5, 0.6) is 0 Å². The number of hydrogen-bond donors (Lipinski definition) is 2. The number of nitro benzene ring substituents is 1. The van der Waals surface area contributed by atoms with Gasteiger partial charge in [-0.1, -0.05) is 18.9 Å². The van der Waals surface area contributed by atoms with Crippen LogP contribution in [0.25, 0.3) is 0 Å². The Balaban J connectivity index is 2.35. The average molecular weight is 278 g/mol. The largest absolute Gasteiger partial charge is 0.338 e. The third-order valence-electron chi connectivity index (χ3n) is 3.50. The topological polar surface area (TPSA) is 102 Å². The minimum absolute atomic E-state index is 0.0901. The average Bonchev–Trinajstić information content (AvgIpc) is 2.74. The van der Waals surface area contributed by atoms with Crippen LogP contribution in [-0.4, -0.2) is 28.8 Å². The zero-order chi connectivity index (χ0) is 14.5. The van der Waals surface area contributed by atoms with E-state index in [0.29, 0.717) is 13.1 Å². The molecule has 0 saturated carbocycles. The number of nitrogens with one attached hydrogen (secondary N) is 1. The highest BCUT2D eigenvalue weighted by atomic mass is 16.6. The first-order chi connectivity index (χ1) is 9.65. The van der Waals surface area contributed by atoms with Gasteiger partial charge in [0.05, 0.1) is 4.92 Å². The van der Waals surface area contributed by atoms with Crippen molar-refractivity contribution >= 4 is 17.3 Å². The molecule has 1 aromatic rings. The Kier molecular flexibility index (Phi) is 4.52. The predicted octanol–water partition coefficient (Wildman–Crippen LogP) is 1.90. The third kappa shape index (κ3) is 2.88. The highest BCUT2D eigenvalue weighted by Crippen LogP contribution is 2.29. The van der Waals surface area contributed by atoms with Gasteiger partial charge in [0, 0.05) is 13.1 Å². The molecule has 0 aliphatic carbocycles. The lowest BCUT2D eigenvalue weighted by molar-refractivity contribution is -0.384. The second-order valence-electron chi connectivity index (χ2n) is 4.81. The highest BCUT2D eigenvalue weighted by molar-refractivity contribution is 6.00. The van der Waals surface area contributed by atoms with Gasteiger partial charge in [0.25, 0.3) is 5.91 Å². The Morgan fingerprint density at radius 1 is 1.25 bits per heavy atom. The van der Waals surface area contributed by atoms with E-state index < -0.39 is 4.92 Å². The van der Waals surface area contributed by atoms with Crippen molar-refractivity contribution in [2.24, 2.45) is 5.84 Å². The van der Waals surface area contributed by atoms with E-state index in [9.17, 15) is 14.9 Å². The number of likely N-dealkylation sites (tertiary alicyclic amines) is 1. The van der Waals surface area contributed by atoms with E-state index in [-0.39, 0.29) is 22.8 Å². The zero-order valence-corrected chi connectivity index (χ0v) is 11.2. The van der Waals surface area contributed by atoms with Crippen LogP contribution in [0.1, 0.15) is 36.0 Å². The molecule has 0 aromatic heterocycles. The molecule has 0 bridgehead atoms. The van der Waals surface area contributed by atoms with Gasteiger partial charge in [0.2, 0.25) is 0 Å². The fraction of sp³-hybridized carbons (Fsp3) is 0.462. The van der Waals surface area contributed by atoms with E-state index in [1.54, 1.807) is 11.0 Å². The number of amides is 1. The van der Waals surface area contributed by atoms with E-state index in [1.807, 2.05) is 0 Å². The Labute approximate surface area is 116 Å². The molecule has 1 amide bonds. The number of hydrogen-bond acceptors (Lipinski definition) is 5. The number of nitrogen functional groups attached to an aromatic ring is 1. The fourth-order valence-corrected chi connectivity index (χ4v) is 2.47. The van der Waals surface area contributed by atoms with Crippen molar-refractivity contribution in [1.82, 2.24) is 4.90 Å². The summed E-state index contributed by atoms with van der Waals surface area (Å²) in [5.41, 5.74) is 2.25. The van der Waals surface area contributed by atoms with Crippen LogP contribution in [0.15, 0.2) is 18.2 Å². The van der Waals surface area contributed by atoms with Gasteiger partial charge in [-0.25, -0.2) is 0 Å². The molecular weight excluding hydrogens is 260 g/mol. The Morgan fingerprint density at radius 2 is 1.90 bits per heavy atom. The molecule has 7 heteroatoms. The van der Waals surface area contributed by atoms with Crippen molar-refractivity contribution in [3.05, 3.63) is 33.9 Å². The maximum Gasteiger partial charge on any atom is 0.306 e. The number of para-hydroxylation sites is 1. The first-order valence-corrected chi connectivity index (χ1v) is 6.68. The summed E-state index contributed by atoms with van der Waals surface area (Å²) in [5.74, 6) is 4.99. The number of carbonyl (C=O) groups is 1. The van der Waals surface area contributed by atoms with Gasteiger partial charge in [0.15, 0.2) is 0 Å². The smallest absolute Gasteiger partial charge is 0.306 e. The van der Waals surface area contributed by atoms with Crippen LogP contribution in [0, 0.1) is 10.1 Å². The molecule has 0 radical (unpaired) electrons. The number of carbonyl (C=O) groups excluding carboxylic acids is 1. The van der Waals surface area contributed by atoms with Crippen molar-refractivity contribution < 1.29 is 9.72 Å². The molecule has 3 N–H and O–H groups in total. The Bertz CT molecular complexity index is 510. The molecule has 0 unspecified atom stereocenters. The summed E-state index contributed by atoms with van der Waals surface area (Å²) >= 11 is 0. The molecule has 108 valence electrons. The SMILES string of the molecule is NNc1cccc(C(=O)N2CCCCCC2)c1[N+](=O)[O-]. The van der Waals surface area contributed by atoms with E-state index in [0.717, 1.165) is 25.7 Å². The van der Waals surface area contributed by atoms with Crippen molar-refractivity contribution in [2.75, 3.05) is 18.5 Å². The van der Waals surface area contributed by atoms with Crippen molar-refractivity contribution in [3.8, 4) is 0 Å². The summed E-state index contributed by atoms with van der Waals surface area (Å²) in [4.78, 5) is 24.8. The predicted molar refractivity (Wildman–Crippen MR) is 75.3 cm³/mol. The lowest BCUT2D eigenvalue weighted by atomic mass is 10.1. The van der Waals surface area contributed by atoms with E-state index in [1.165, 1.54) is 12.1 Å². The van der Waals surface area contributed by atoms with Crippen LogP contribution in [0.2, 0.25) is 0 Å². The van der Waals surface area contributed by atoms with E-state index >= 15 is 0 Å². The maximum absolute atomic E-state index is 12.5. The standard InChI is InChI=1S/C13H18N4O3/c14-15-11-7-5-6-10(12(11)17(19)20)13(18)16-8-3-1-2-4-9-16/h5-7,15H,1-4,8-9,14H2. The summed E-state index contributed by atoms with van der Waals surface area (Å²) in [7, 11) is 0. The third-order valence-corrected chi connectivity index (χ3v) is 3.50. The second kappa shape index (κ2) is 6.33. The molecular formula is C13H18N4O3. The number of nitrogens with two attached hydrogens (primary N) is 1. The summed E-state index contributed by atoms with van der Waals surface area (Å²) in [6.07, 6.45) is 4.06. The lowest BCUT2D eigenvalue weighted by Crippen LogP contribution is -2.32. The van der Waals surface area contributed by atoms with Crippen LogP contribution in [0.4, 0.5) is 11.4 Å². The molecule has 2 rings (SSSR count). The molecule has 1 saturated heterocycles. The summed E-state index contributed by atoms with van der Waals surface area (Å²) < 4.78 is 0. The number of rotatable bonds is 3. The molecule has 1 heterocycles. The normalized spacial score (nSPS) is 15.6. The number of nitrogens with zero attached hydrogens (tertiary/aromatic N) is 2. The van der Waals surface area contributed by atoms with Crippen LogP contribution >= 0.6 is 0 Å². The molecule has 0 spiro atoms. The number of nitro groups is 1. The van der Waals surface area contributed by atoms with Crippen LogP contribution in [-0.2, 0) is 0 Å². The van der Waals surface area contributed by atoms with Gasteiger partial charge in [-0.3, -0.25) is 20.8 Å². The minimum Gasteiger partial charge on any atom is -0.338 e. The fourth-order valence-electron chi connectivity index (χ4n) is 2.47. The molecule has 1 aliphatic heterocycles. The van der Waals surface area contributed by atoms with Gasteiger partial charge >= 0.3 is 5.69 Å². The van der Waals surface area contributed by atoms with Gasteiger partial charge in [0.1, 0.15) is 11.3 Å². The summed E-state index contributed by atoms with van der Waals surface area (Å²) in [6.45, 7) is 1.30. The quantitative estimate of drug-likeness (QED) is 0.499. The first kappa shape index (κ1) is 14.3. The van der Waals surface area contributed by atoms with Crippen molar-refractivity contribution in [2.45, 2.75) is 25.7 Å². The van der Waals surface area contributed by atoms with Gasteiger partial charge in [-0.15, -0.1) is 0 Å². The summed E-state index contributed by atoms with van der Waals surface area (Å²) in [6, 6.07) is 4.55. The van der Waals surface area contributed by atoms with Gasteiger partial charge < -0.3 is 10.3 Å². The zero-order valence-electron chi connectivity index (χ0n) is 11.2. The second-order valence-corrected chi connectivity index (χ2v) is 4.81. The van der Waals surface area contributed by atoms with E-state index in [2.05, 4.69) is 5.43 Å². The monoisotopic (exact) mass is 278 g/mol. The first-order valence-electron chi connectivity index (χ1n) is 6.68. The summed E-state index contributed by atoms with van der Waals surface area (Å²) in [5, 5.41) is 11.2. The Hall–Kier alpha value is -2.15. The van der Waals surface area contributed by atoms with E-state index in [4.69, 9.17) is 5.84 Å². The van der Waals surface area contributed by atoms with Gasteiger partial charge in [-0.2, -0.15) is 0 Å².